The highest BCUT2D eigenvalue weighted by Gasteiger charge is 2.27. The number of rotatable bonds is 4. The van der Waals surface area contributed by atoms with Crippen molar-refractivity contribution in [3.63, 3.8) is 0 Å². The van der Waals surface area contributed by atoms with Crippen molar-refractivity contribution in [3.05, 3.63) is 65.2 Å². The number of hydrogen-bond donors (Lipinski definition) is 1. The number of hydrogen-bond acceptors (Lipinski definition) is 2. The molecule has 0 radical (unpaired) electrons. The van der Waals surface area contributed by atoms with Gasteiger partial charge in [-0.15, -0.1) is 0 Å². The van der Waals surface area contributed by atoms with E-state index in [2.05, 4.69) is 4.90 Å². The predicted molar refractivity (Wildman–Crippen MR) is 96.3 cm³/mol. The van der Waals surface area contributed by atoms with Crippen LogP contribution in [0, 0.1) is 18.6 Å². The van der Waals surface area contributed by atoms with Crippen LogP contribution in [0.15, 0.2) is 42.5 Å². The lowest BCUT2D eigenvalue weighted by atomic mass is 10.0. The first-order chi connectivity index (χ1) is 12.4. The summed E-state index contributed by atoms with van der Waals surface area (Å²) >= 11 is 0. The minimum Gasteiger partial charge on any atom is -0.465 e. The second-order valence-electron chi connectivity index (χ2n) is 6.71. The van der Waals surface area contributed by atoms with Crippen molar-refractivity contribution < 1.29 is 18.7 Å². The second-order valence-corrected chi connectivity index (χ2v) is 6.71. The molecule has 6 heteroatoms. The summed E-state index contributed by atoms with van der Waals surface area (Å²) in [5.74, 6) is -1.71. The van der Waals surface area contributed by atoms with Gasteiger partial charge in [-0.25, -0.2) is 13.6 Å². The first-order valence-electron chi connectivity index (χ1n) is 8.69. The third-order valence-corrected chi connectivity index (χ3v) is 4.88. The van der Waals surface area contributed by atoms with Gasteiger partial charge in [-0.1, -0.05) is 23.8 Å². The van der Waals surface area contributed by atoms with Crippen LogP contribution in [0.3, 0.4) is 0 Å². The van der Waals surface area contributed by atoms with Crippen LogP contribution in [-0.2, 0) is 6.54 Å². The summed E-state index contributed by atoms with van der Waals surface area (Å²) in [5, 5.41) is 9.14. The number of benzene rings is 2. The molecule has 1 heterocycles. The zero-order chi connectivity index (χ0) is 18.7. The molecule has 1 amide bonds. The molecule has 138 valence electrons. The maximum Gasteiger partial charge on any atom is 0.407 e. The van der Waals surface area contributed by atoms with Crippen molar-refractivity contribution in [1.82, 2.24) is 4.90 Å². The van der Waals surface area contributed by atoms with Crippen molar-refractivity contribution in [1.29, 1.82) is 0 Å². The molecule has 2 aromatic rings. The molecule has 0 saturated carbocycles. The molecular formula is C20H22F2N2O2. The van der Waals surface area contributed by atoms with E-state index in [-0.39, 0.29) is 6.04 Å². The van der Waals surface area contributed by atoms with Crippen molar-refractivity contribution in [2.24, 2.45) is 0 Å². The van der Waals surface area contributed by atoms with E-state index in [1.165, 1.54) is 11.0 Å². The van der Waals surface area contributed by atoms with E-state index in [9.17, 15) is 13.6 Å². The summed E-state index contributed by atoms with van der Waals surface area (Å²) in [4.78, 5) is 14.7. The SMILES string of the molecule is Cc1ccc(N(Cc2ccc(F)c(F)c2)C2CCN(C(=O)O)CC2)cc1. The molecule has 0 aliphatic carbocycles. The van der Waals surface area contributed by atoms with Gasteiger partial charge >= 0.3 is 6.09 Å². The van der Waals surface area contributed by atoms with Gasteiger partial charge in [-0.05, 0) is 49.6 Å². The first kappa shape index (κ1) is 18.2. The van der Waals surface area contributed by atoms with Gasteiger partial charge in [-0.3, -0.25) is 0 Å². The molecule has 1 saturated heterocycles. The van der Waals surface area contributed by atoms with Gasteiger partial charge in [0.2, 0.25) is 0 Å². The molecule has 1 N–H and O–H groups in total. The number of piperidine rings is 1. The van der Waals surface area contributed by atoms with Crippen molar-refractivity contribution in [2.75, 3.05) is 18.0 Å². The Morgan fingerprint density at radius 1 is 1.12 bits per heavy atom. The number of amides is 1. The molecule has 1 fully saturated rings. The summed E-state index contributed by atoms with van der Waals surface area (Å²) in [5.41, 5.74) is 2.82. The molecule has 1 aliphatic heterocycles. The molecule has 0 atom stereocenters. The fraction of sp³-hybridized carbons (Fsp3) is 0.350. The Morgan fingerprint density at radius 2 is 1.77 bits per heavy atom. The van der Waals surface area contributed by atoms with Crippen LogP contribution < -0.4 is 4.90 Å². The van der Waals surface area contributed by atoms with E-state index in [1.54, 1.807) is 6.07 Å². The molecule has 1 aliphatic rings. The summed E-state index contributed by atoms with van der Waals surface area (Å²) in [7, 11) is 0. The zero-order valence-electron chi connectivity index (χ0n) is 14.7. The van der Waals surface area contributed by atoms with E-state index in [4.69, 9.17) is 5.11 Å². The van der Waals surface area contributed by atoms with Gasteiger partial charge in [0.1, 0.15) is 0 Å². The number of anilines is 1. The summed E-state index contributed by atoms with van der Waals surface area (Å²) in [6.07, 6.45) is 0.499. The van der Waals surface area contributed by atoms with E-state index in [1.807, 2.05) is 31.2 Å². The maximum absolute atomic E-state index is 13.6. The van der Waals surface area contributed by atoms with E-state index in [0.29, 0.717) is 38.0 Å². The summed E-state index contributed by atoms with van der Waals surface area (Å²) < 4.78 is 26.8. The minimum atomic E-state index is -0.897. The number of carboxylic acid groups (broad SMARTS) is 1. The standard InChI is InChI=1S/C20H22F2N2O2/c1-14-2-5-16(6-3-14)24(13-15-4-7-18(21)19(22)12-15)17-8-10-23(11-9-17)20(25)26/h2-7,12,17H,8-11,13H2,1H3,(H,25,26). The second kappa shape index (κ2) is 7.72. The van der Waals surface area contributed by atoms with E-state index in [0.717, 1.165) is 17.3 Å². The van der Waals surface area contributed by atoms with Crippen LogP contribution in [0.25, 0.3) is 0 Å². The lowest BCUT2D eigenvalue weighted by Crippen LogP contribution is -2.46. The Hall–Kier alpha value is -2.63. The molecular weight excluding hydrogens is 338 g/mol. The van der Waals surface area contributed by atoms with Crippen molar-refractivity contribution in [2.45, 2.75) is 32.4 Å². The molecule has 26 heavy (non-hydrogen) atoms. The third-order valence-electron chi connectivity index (χ3n) is 4.88. The van der Waals surface area contributed by atoms with Gasteiger partial charge in [-0.2, -0.15) is 0 Å². The number of likely N-dealkylation sites (tertiary alicyclic amines) is 1. The smallest absolute Gasteiger partial charge is 0.407 e. The molecule has 2 aromatic carbocycles. The van der Waals surface area contributed by atoms with Crippen LogP contribution in [0.2, 0.25) is 0 Å². The fourth-order valence-electron chi connectivity index (χ4n) is 3.37. The third kappa shape index (κ3) is 4.12. The van der Waals surface area contributed by atoms with Crippen LogP contribution >= 0.6 is 0 Å². The van der Waals surface area contributed by atoms with Gasteiger partial charge in [0.05, 0.1) is 0 Å². The molecule has 0 unspecified atom stereocenters. The Kier molecular flexibility index (Phi) is 5.40. The highest BCUT2D eigenvalue weighted by molar-refractivity contribution is 5.65. The molecule has 4 nitrogen and oxygen atoms in total. The monoisotopic (exact) mass is 360 g/mol. The first-order valence-corrected chi connectivity index (χ1v) is 8.69. The van der Waals surface area contributed by atoms with E-state index < -0.39 is 17.7 Å². The average molecular weight is 360 g/mol. The molecule has 0 bridgehead atoms. The van der Waals surface area contributed by atoms with Gasteiger partial charge < -0.3 is 14.9 Å². The van der Waals surface area contributed by atoms with Gasteiger partial charge in [0, 0.05) is 31.4 Å². The summed E-state index contributed by atoms with van der Waals surface area (Å²) in [6.45, 7) is 3.40. The van der Waals surface area contributed by atoms with Crippen molar-refractivity contribution in [3.8, 4) is 0 Å². The van der Waals surface area contributed by atoms with Gasteiger partial charge in [0.25, 0.3) is 0 Å². The van der Waals surface area contributed by atoms with Crippen LogP contribution in [0.1, 0.15) is 24.0 Å². The van der Waals surface area contributed by atoms with E-state index >= 15 is 0 Å². The minimum absolute atomic E-state index is 0.140. The topological polar surface area (TPSA) is 43.8 Å². The molecule has 0 spiro atoms. The zero-order valence-corrected chi connectivity index (χ0v) is 14.7. The largest absolute Gasteiger partial charge is 0.465 e. The highest BCUT2D eigenvalue weighted by Crippen LogP contribution is 2.26. The molecule has 0 aromatic heterocycles. The number of aryl methyl sites for hydroxylation is 1. The summed E-state index contributed by atoms with van der Waals surface area (Å²) in [6, 6.07) is 12.2. The van der Waals surface area contributed by atoms with Crippen LogP contribution in [0.5, 0.6) is 0 Å². The number of nitrogens with zero attached hydrogens (tertiary/aromatic N) is 2. The Labute approximate surface area is 151 Å². The maximum atomic E-state index is 13.6. The normalized spacial score (nSPS) is 15.1. The van der Waals surface area contributed by atoms with Crippen LogP contribution in [-0.4, -0.2) is 35.2 Å². The predicted octanol–water partition coefficient (Wildman–Crippen LogP) is 4.42. The molecule has 3 rings (SSSR count). The lowest BCUT2D eigenvalue weighted by Gasteiger charge is -2.39. The van der Waals surface area contributed by atoms with Crippen molar-refractivity contribution >= 4 is 11.8 Å². The van der Waals surface area contributed by atoms with Crippen LogP contribution in [0.4, 0.5) is 19.3 Å². The quantitative estimate of drug-likeness (QED) is 0.878. The Morgan fingerprint density at radius 3 is 2.35 bits per heavy atom. The Balaban J connectivity index is 1.83. The highest BCUT2D eigenvalue weighted by atomic mass is 19.2. The Bertz CT molecular complexity index is 772. The fourth-order valence-corrected chi connectivity index (χ4v) is 3.37. The number of carbonyl (C=O) groups is 1. The number of halogens is 2. The van der Waals surface area contributed by atoms with Gasteiger partial charge in [0.15, 0.2) is 11.6 Å². The average Bonchev–Trinajstić information content (AvgIpc) is 2.63. The lowest BCUT2D eigenvalue weighted by molar-refractivity contribution is 0.131.